The molecule has 0 N–H and O–H groups in total. The van der Waals surface area contributed by atoms with Gasteiger partial charge in [-0.1, -0.05) is 52.0 Å². The summed E-state index contributed by atoms with van der Waals surface area (Å²) < 4.78 is 11.3. The van der Waals surface area contributed by atoms with Gasteiger partial charge in [0.2, 0.25) is 5.76 Å². The van der Waals surface area contributed by atoms with Crippen LogP contribution in [0.1, 0.15) is 66.9 Å². The zero-order valence-corrected chi connectivity index (χ0v) is 20.1. The Labute approximate surface area is 194 Å². The van der Waals surface area contributed by atoms with Crippen LogP contribution in [0.3, 0.4) is 0 Å². The lowest BCUT2D eigenvalue weighted by molar-refractivity contribution is 0.0708. The van der Waals surface area contributed by atoms with Gasteiger partial charge in [-0.05, 0) is 42.3 Å². The second-order valence-corrected chi connectivity index (χ2v) is 8.79. The maximum atomic E-state index is 13.6. The Morgan fingerprint density at radius 3 is 2.36 bits per heavy atom. The Morgan fingerprint density at radius 2 is 1.76 bits per heavy atom. The standard InChI is InChI=1S/C27H32N2O4/c1-6-28(7-2)14-15-29-24(19-10-8-18(9-11-19)17(3)4)23-25(30)21-13-12-20(32-5)16-22(21)33-26(23)27(29)31/h8-13,16-17,24H,6-7,14-15H2,1-5H3. The molecule has 2 aromatic carbocycles. The van der Waals surface area contributed by atoms with Crippen LogP contribution in [0.4, 0.5) is 0 Å². The maximum absolute atomic E-state index is 13.6. The zero-order valence-electron chi connectivity index (χ0n) is 20.1. The Kier molecular flexibility index (Phi) is 6.56. The monoisotopic (exact) mass is 448 g/mol. The highest BCUT2D eigenvalue weighted by Gasteiger charge is 2.42. The fourth-order valence-corrected chi connectivity index (χ4v) is 4.55. The molecule has 6 nitrogen and oxygen atoms in total. The van der Waals surface area contributed by atoms with E-state index in [1.54, 1.807) is 30.2 Å². The second kappa shape index (κ2) is 9.40. The molecule has 174 valence electrons. The quantitative estimate of drug-likeness (QED) is 0.495. The van der Waals surface area contributed by atoms with Gasteiger partial charge in [0.1, 0.15) is 11.3 Å². The number of hydrogen-bond acceptors (Lipinski definition) is 5. The largest absolute Gasteiger partial charge is 0.497 e. The molecule has 0 spiro atoms. The van der Waals surface area contributed by atoms with Gasteiger partial charge in [-0.15, -0.1) is 0 Å². The van der Waals surface area contributed by atoms with Gasteiger partial charge >= 0.3 is 0 Å². The van der Waals surface area contributed by atoms with E-state index in [0.29, 0.717) is 34.7 Å². The molecule has 1 aliphatic rings. The van der Waals surface area contributed by atoms with E-state index >= 15 is 0 Å². The van der Waals surface area contributed by atoms with Crippen LogP contribution in [0.15, 0.2) is 51.7 Å². The predicted octanol–water partition coefficient (Wildman–Crippen LogP) is 4.81. The second-order valence-electron chi connectivity index (χ2n) is 8.79. The minimum Gasteiger partial charge on any atom is -0.497 e. The molecule has 0 saturated carbocycles. The van der Waals surface area contributed by atoms with Gasteiger partial charge in [-0.3, -0.25) is 9.59 Å². The van der Waals surface area contributed by atoms with Gasteiger partial charge < -0.3 is 19.0 Å². The molecule has 1 aliphatic heterocycles. The molecule has 1 atom stereocenters. The van der Waals surface area contributed by atoms with Gasteiger partial charge in [0.25, 0.3) is 5.91 Å². The highest BCUT2D eigenvalue weighted by Crippen LogP contribution is 2.38. The van der Waals surface area contributed by atoms with Gasteiger partial charge in [0.05, 0.1) is 24.1 Å². The van der Waals surface area contributed by atoms with Crippen molar-refractivity contribution in [3.8, 4) is 5.75 Å². The summed E-state index contributed by atoms with van der Waals surface area (Å²) in [6.45, 7) is 11.6. The summed E-state index contributed by atoms with van der Waals surface area (Å²) in [6, 6.07) is 12.9. The number of carbonyl (C=O) groups excluding carboxylic acids is 1. The summed E-state index contributed by atoms with van der Waals surface area (Å²) in [4.78, 5) is 31.2. The average Bonchev–Trinajstić information content (AvgIpc) is 3.11. The molecule has 33 heavy (non-hydrogen) atoms. The van der Waals surface area contributed by atoms with Crippen LogP contribution in [0.25, 0.3) is 11.0 Å². The fourth-order valence-electron chi connectivity index (χ4n) is 4.55. The lowest BCUT2D eigenvalue weighted by Gasteiger charge is -2.28. The first-order valence-corrected chi connectivity index (χ1v) is 11.7. The van der Waals surface area contributed by atoms with E-state index in [0.717, 1.165) is 25.2 Å². The van der Waals surface area contributed by atoms with E-state index in [9.17, 15) is 9.59 Å². The molecule has 0 bridgehead atoms. The fraction of sp³-hybridized carbons (Fsp3) is 0.407. The van der Waals surface area contributed by atoms with Gasteiger partial charge in [0, 0.05) is 19.2 Å². The van der Waals surface area contributed by atoms with E-state index in [1.807, 2.05) is 12.1 Å². The Morgan fingerprint density at radius 1 is 1.06 bits per heavy atom. The number of nitrogens with zero attached hydrogens (tertiary/aromatic N) is 2. The lowest BCUT2D eigenvalue weighted by atomic mass is 9.95. The molecular weight excluding hydrogens is 416 g/mol. The van der Waals surface area contributed by atoms with Crippen molar-refractivity contribution in [2.45, 2.75) is 39.7 Å². The summed E-state index contributed by atoms with van der Waals surface area (Å²) in [5.74, 6) is 0.879. The van der Waals surface area contributed by atoms with E-state index < -0.39 is 6.04 Å². The molecule has 0 saturated heterocycles. The number of fused-ring (bicyclic) bond motifs is 2. The summed E-state index contributed by atoms with van der Waals surface area (Å²) >= 11 is 0. The molecule has 4 rings (SSSR count). The van der Waals surface area contributed by atoms with Crippen LogP contribution in [0, 0.1) is 0 Å². The Bertz CT molecular complexity index is 1210. The molecule has 0 radical (unpaired) electrons. The van der Waals surface area contributed by atoms with Crippen LogP contribution in [0.5, 0.6) is 5.75 Å². The van der Waals surface area contributed by atoms with E-state index in [1.165, 1.54) is 5.56 Å². The zero-order chi connectivity index (χ0) is 23.7. The lowest BCUT2D eigenvalue weighted by Crippen LogP contribution is -2.37. The summed E-state index contributed by atoms with van der Waals surface area (Å²) in [6.07, 6.45) is 0. The third kappa shape index (κ3) is 4.15. The van der Waals surface area contributed by atoms with E-state index in [2.05, 4.69) is 44.7 Å². The molecule has 1 unspecified atom stereocenters. The van der Waals surface area contributed by atoms with Crippen LogP contribution in [-0.4, -0.2) is 49.0 Å². The van der Waals surface area contributed by atoms with Crippen molar-refractivity contribution in [1.82, 2.24) is 9.80 Å². The number of hydrogen-bond donors (Lipinski definition) is 0. The maximum Gasteiger partial charge on any atom is 0.290 e. The Balaban J connectivity index is 1.85. The first kappa shape index (κ1) is 23.1. The number of methoxy groups -OCH3 is 1. The first-order valence-electron chi connectivity index (χ1n) is 11.7. The third-order valence-electron chi connectivity index (χ3n) is 6.65. The molecule has 6 heteroatoms. The SMILES string of the molecule is CCN(CC)CCN1C(=O)c2oc3cc(OC)ccc3c(=O)c2C1c1ccc(C(C)C)cc1. The van der Waals surface area contributed by atoms with Gasteiger partial charge in [-0.2, -0.15) is 0 Å². The number of ether oxygens (including phenoxy) is 1. The third-order valence-corrected chi connectivity index (χ3v) is 6.65. The number of amides is 1. The van der Waals surface area contributed by atoms with Crippen molar-refractivity contribution < 1.29 is 13.9 Å². The van der Waals surface area contributed by atoms with Crippen molar-refractivity contribution >= 4 is 16.9 Å². The summed E-state index contributed by atoms with van der Waals surface area (Å²) in [5, 5.41) is 0.455. The number of likely N-dealkylation sites (N-methyl/N-ethyl adjacent to an activating group) is 1. The van der Waals surface area contributed by atoms with E-state index in [4.69, 9.17) is 9.15 Å². The molecule has 0 fully saturated rings. The van der Waals surface area contributed by atoms with Gasteiger partial charge in [0.15, 0.2) is 5.43 Å². The predicted molar refractivity (Wildman–Crippen MR) is 130 cm³/mol. The highest BCUT2D eigenvalue weighted by atomic mass is 16.5. The van der Waals surface area contributed by atoms with Gasteiger partial charge in [-0.25, -0.2) is 0 Å². The van der Waals surface area contributed by atoms with Crippen LogP contribution in [0.2, 0.25) is 0 Å². The topological polar surface area (TPSA) is 63.0 Å². The molecule has 2 heterocycles. The van der Waals surface area contributed by atoms with Crippen molar-refractivity contribution in [3.63, 3.8) is 0 Å². The minimum absolute atomic E-state index is 0.137. The molecule has 3 aromatic rings. The normalized spacial score (nSPS) is 15.7. The van der Waals surface area contributed by atoms with Crippen molar-refractivity contribution in [2.75, 3.05) is 33.3 Å². The van der Waals surface area contributed by atoms with Crippen molar-refractivity contribution in [1.29, 1.82) is 0 Å². The van der Waals surface area contributed by atoms with Crippen molar-refractivity contribution in [2.24, 2.45) is 0 Å². The summed E-state index contributed by atoms with van der Waals surface area (Å²) in [5.41, 5.74) is 2.77. The highest BCUT2D eigenvalue weighted by molar-refractivity contribution is 5.99. The van der Waals surface area contributed by atoms with E-state index in [-0.39, 0.29) is 17.1 Å². The first-order chi connectivity index (χ1) is 15.9. The van der Waals surface area contributed by atoms with Crippen LogP contribution >= 0.6 is 0 Å². The van der Waals surface area contributed by atoms with Crippen LogP contribution < -0.4 is 10.2 Å². The number of benzene rings is 2. The molecule has 1 aromatic heterocycles. The van der Waals surface area contributed by atoms with Crippen LogP contribution in [-0.2, 0) is 0 Å². The smallest absolute Gasteiger partial charge is 0.290 e. The Hall–Kier alpha value is -3.12. The molecule has 0 aliphatic carbocycles. The average molecular weight is 449 g/mol. The minimum atomic E-state index is -0.466. The number of rotatable bonds is 8. The molecular formula is C27H32N2O4. The summed E-state index contributed by atoms with van der Waals surface area (Å²) in [7, 11) is 1.56. The number of carbonyl (C=O) groups is 1. The molecule has 1 amide bonds. The van der Waals surface area contributed by atoms with Crippen molar-refractivity contribution in [3.05, 3.63) is 75.1 Å².